The van der Waals surface area contributed by atoms with Crippen LogP contribution in [0.25, 0.3) is 5.69 Å². The van der Waals surface area contributed by atoms with Crippen LogP contribution in [0.2, 0.25) is 10.0 Å². The van der Waals surface area contributed by atoms with E-state index in [9.17, 15) is 17.7 Å². The number of hydrogen-bond acceptors (Lipinski definition) is 5. The fourth-order valence-corrected chi connectivity index (χ4v) is 3.64. The Hall–Kier alpha value is -1.62. The first kappa shape index (κ1) is 19.7. The van der Waals surface area contributed by atoms with Crippen molar-refractivity contribution in [1.29, 1.82) is 0 Å². The van der Waals surface area contributed by atoms with Gasteiger partial charge in [0.1, 0.15) is 11.4 Å². The fourth-order valence-electron chi connectivity index (χ4n) is 2.05. The highest BCUT2D eigenvalue weighted by Crippen LogP contribution is 2.39. The SMILES string of the molecule is CC[S+]([O-])c1c(C=NO)nn(-c2c(Cl)cc(C(F)(F)F)cc2Cl)c1N. The van der Waals surface area contributed by atoms with Gasteiger partial charge in [0.15, 0.2) is 11.5 Å². The van der Waals surface area contributed by atoms with E-state index < -0.39 is 22.9 Å². The lowest BCUT2D eigenvalue weighted by molar-refractivity contribution is -0.137. The Labute approximate surface area is 153 Å². The quantitative estimate of drug-likeness (QED) is 0.344. The molecule has 0 radical (unpaired) electrons. The van der Waals surface area contributed by atoms with Crippen LogP contribution in [0.15, 0.2) is 22.2 Å². The second kappa shape index (κ2) is 7.32. The van der Waals surface area contributed by atoms with Crippen LogP contribution in [0.4, 0.5) is 19.0 Å². The van der Waals surface area contributed by atoms with Crippen LogP contribution >= 0.6 is 23.2 Å². The summed E-state index contributed by atoms with van der Waals surface area (Å²) in [5.74, 6) is 0.0510. The minimum absolute atomic E-state index is 0.0211. The Morgan fingerprint density at radius 3 is 2.40 bits per heavy atom. The minimum atomic E-state index is -4.63. The predicted molar refractivity (Wildman–Crippen MR) is 89.3 cm³/mol. The number of benzene rings is 1. The normalized spacial score (nSPS) is 13.6. The largest absolute Gasteiger partial charge is 0.611 e. The average Bonchev–Trinajstić information content (AvgIpc) is 2.82. The molecular formula is C13H11Cl2F3N4O2S. The maximum absolute atomic E-state index is 12.8. The number of halogens is 5. The van der Waals surface area contributed by atoms with Gasteiger partial charge in [-0.05, 0) is 30.2 Å². The molecule has 6 nitrogen and oxygen atoms in total. The van der Waals surface area contributed by atoms with Crippen molar-refractivity contribution in [3.05, 3.63) is 33.4 Å². The summed E-state index contributed by atoms with van der Waals surface area (Å²) in [4.78, 5) is 0.0623. The van der Waals surface area contributed by atoms with Crippen molar-refractivity contribution in [2.45, 2.75) is 18.0 Å². The molecule has 0 aliphatic carbocycles. The van der Waals surface area contributed by atoms with Crippen LogP contribution in [-0.4, -0.2) is 31.5 Å². The molecular weight excluding hydrogens is 404 g/mol. The molecule has 1 unspecified atom stereocenters. The minimum Gasteiger partial charge on any atom is -0.611 e. The summed E-state index contributed by atoms with van der Waals surface area (Å²) < 4.78 is 51.6. The van der Waals surface area contributed by atoms with Gasteiger partial charge in [-0.15, -0.1) is 0 Å². The molecule has 0 bridgehead atoms. The first-order valence-electron chi connectivity index (χ1n) is 6.62. The maximum atomic E-state index is 12.8. The van der Waals surface area contributed by atoms with Crippen molar-refractivity contribution in [3.63, 3.8) is 0 Å². The van der Waals surface area contributed by atoms with Crippen molar-refractivity contribution in [2.75, 3.05) is 11.5 Å². The average molecular weight is 415 g/mol. The van der Waals surface area contributed by atoms with Gasteiger partial charge < -0.3 is 15.5 Å². The lowest BCUT2D eigenvalue weighted by atomic mass is 10.2. The summed E-state index contributed by atoms with van der Waals surface area (Å²) in [6, 6.07) is 1.36. The van der Waals surface area contributed by atoms with Gasteiger partial charge in [-0.3, -0.25) is 0 Å². The summed E-state index contributed by atoms with van der Waals surface area (Å²) >= 11 is 10.3. The molecule has 3 N–H and O–H groups in total. The zero-order chi connectivity index (χ0) is 18.9. The van der Waals surface area contributed by atoms with E-state index in [4.69, 9.17) is 34.1 Å². The molecule has 2 aromatic rings. The second-order valence-electron chi connectivity index (χ2n) is 4.68. The van der Waals surface area contributed by atoms with Crippen LogP contribution in [0, 0.1) is 0 Å². The van der Waals surface area contributed by atoms with E-state index >= 15 is 0 Å². The van der Waals surface area contributed by atoms with E-state index in [-0.39, 0.29) is 37.9 Å². The van der Waals surface area contributed by atoms with Crippen molar-refractivity contribution in [3.8, 4) is 5.69 Å². The Bertz CT molecular complexity index is 803. The number of rotatable bonds is 4. The molecule has 0 saturated heterocycles. The first-order valence-corrected chi connectivity index (χ1v) is 8.70. The number of anilines is 1. The number of alkyl halides is 3. The summed E-state index contributed by atoms with van der Waals surface area (Å²) in [7, 11) is 0. The summed E-state index contributed by atoms with van der Waals surface area (Å²) in [6.45, 7) is 1.63. The molecule has 136 valence electrons. The van der Waals surface area contributed by atoms with Gasteiger partial charge in [-0.2, -0.15) is 18.3 Å². The number of nitrogen functional groups attached to an aromatic ring is 1. The van der Waals surface area contributed by atoms with E-state index in [0.29, 0.717) is 12.1 Å². The predicted octanol–water partition coefficient (Wildman–Crippen LogP) is 3.72. The van der Waals surface area contributed by atoms with Gasteiger partial charge in [0.2, 0.25) is 4.90 Å². The Kier molecular flexibility index (Phi) is 5.77. The number of nitrogens with zero attached hydrogens (tertiary/aromatic N) is 3. The first-order chi connectivity index (χ1) is 11.6. The van der Waals surface area contributed by atoms with E-state index in [1.54, 1.807) is 6.92 Å². The van der Waals surface area contributed by atoms with Crippen LogP contribution in [0.1, 0.15) is 18.2 Å². The molecule has 0 amide bonds. The van der Waals surface area contributed by atoms with Crippen molar-refractivity contribution in [1.82, 2.24) is 9.78 Å². The highest BCUT2D eigenvalue weighted by molar-refractivity contribution is 7.91. The van der Waals surface area contributed by atoms with E-state index in [1.807, 2.05) is 0 Å². The molecule has 25 heavy (non-hydrogen) atoms. The van der Waals surface area contributed by atoms with E-state index in [2.05, 4.69) is 10.3 Å². The number of oxime groups is 1. The zero-order valence-electron chi connectivity index (χ0n) is 12.5. The molecule has 0 fully saturated rings. The van der Waals surface area contributed by atoms with Gasteiger partial charge in [-0.25, -0.2) is 4.68 Å². The van der Waals surface area contributed by atoms with Crippen LogP contribution < -0.4 is 5.73 Å². The summed E-state index contributed by atoms with van der Waals surface area (Å²) in [6.07, 6.45) is -3.73. The molecule has 12 heteroatoms. The molecule has 1 heterocycles. The van der Waals surface area contributed by atoms with Crippen molar-refractivity contribution in [2.24, 2.45) is 5.16 Å². The van der Waals surface area contributed by atoms with Crippen LogP contribution in [0.3, 0.4) is 0 Å². The molecule has 1 aromatic heterocycles. The van der Waals surface area contributed by atoms with E-state index in [1.165, 1.54) is 0 Å². The third-order valence-corrected chi connectivity index (χ3v) is 5.10. The number of aromatic nitrogens is 2. The summed E-state index contributed by atoms with van der Waals surface area (Å²) in [5.41, 5.74) is 4.76. The van der Waals surface area contributed by atoms with Gasteiger partial charge in [-0.1, -0.05) is 28.4 Å². The van der Waals surface area contributed by atoms with Gasteiger partial charge >= 0.3 is 6.18 Å². The molecule has 0 saturated carbocycles. The van der Waals surface area contributed by atoms with Gasteiger partial charge in [0.05, 0.1) is 21.8 Å². The third-order valence-electron chi connectivity index (χ3n) is 3.13. The lowest BCUT2D eigenvalue weighted by Crippen LogP contribution is -2.10. The van der Waals surface area contributed by atoms with Gasteiger partial charge in [0, 0.05) is 0 Å². The Morgan fingerprint density at radius 1 is 1.40 bits per heavy atom. The highest BCUT2D eigenvalue weighted by Gasteiger charge is 2.33. The van der Waals surface area contributed by atoms with Crippen LogP contribution in [-0.2, 0) is 17.4 Å². The monoisotopic (exact) mass is 414 g/mol. The highest BCUT2D eigenvalue weighted by atomic mass is 35.5. The fraction of sp³-hybridized carbons (Fsp3) is 0.231. The molecule has 0 aliphatic rings. The Morgan fingerprint density at radius 2 is 1.96 bits per heavy atom. The van der Waals surface area contributed by atoms with E-state index in [0.717, 1.165) is 10.9 Å². The lowest BCUT2D eigenvalue weighted by Gasteiger charge is -2.13. The number of nitrogens with two attached hydrogens (primary N) is 1. The Balaban J connectivity index is 2.71. The standard InChI is InChI=1S/C13H11Cl2F3N4O2S/c1-2-25(24)11-9(5-20-23)21-22(12(11)19)10-7(14)3-6(4-8(10)15)13(16,17)18/h3-5,23H,2,19H2,1H3. The van der Waals surface area contributed by atoms with Crippen LogP contribution in [0.5, 0.6) is 0 Å². The maximum Gasteiger partial charge on any atom is 0.416 e. The molecule has 2 rings (SSSR count). The van der Waals surface area contributed by atoms with Crippen molar-refractivity contribution >= 4 is 46.4 Å². The third kappa shape index (κ3) is 3.81. The molecule has 0 aliphatic heterocycles. The molecule has 1 atom stereocenters. The molecule has 0 spiro atoms. The smallest absolute Gasteiger partial charge is 0.416 e. The van der Waals surface area contributed by atoms with Crippen molar-refractivity contribution < 1.29 is 22.9 Å². The topological polar surface area (TPSA) is 99.5 Å². The zero-order valence-corrected chi connectivity index (χ0v) is 14.8. The van der Waals surface area contributed by atoms with Gasteiger partial charge in [0.25, 0.3) is 0 Å². The molecule has 1 aromatic carbocycles. The number of hydrogen-bond donors (Lipinski definition) is 2. The summed E-state index contributed by atoms with van der Waals surface area (Å²) in [5, 5.41) is 14.8. The second-order valence-corrected chi connectivity index (χ2v) is 7.17.